The number of fused-ring (bicyclic) bond motifs is 2. The van der Waals surface area contributed by atoms with Crippen molar-refractivity contribution in [3.05, 3.63) is 84.1 Å². The lowest BCUT2D eigenvalue weighted by Gasteiger charge is -2.23. The van der Waals surface area contributed by atoms with E-state index in [9.17, 15) is 0 Å². The van der Waals surface area contributed by atoms with Crippen molar-refractivity contribution < 1.29 is 0 Å². The van der Waals surface area contributed by atoms with Gasteiger partial charge in [0.15, 0.2) is 0 Å². The van der Waals surface area contributed by atoms with Gasteiger partial charge in [-0.15, -0.1) is 0 Å². The summed E-state index contributed by atoms with van der Waals surface area (Å²) in [5, 5.41) is 5.79. The monoisotopic (exact) mass is 522 g/mol. The molecule has 1 atom stereocenters. The van der Waals surface area contributed by atoms with E-state index >= 15 is 0 Å². The predicted molar refractivity (Wildman–Crippen MR) is 139 cm³/mol. The van der Waals surface area contributed by atoms with Gasteiger partial charge in [0.05, 0.1) is 5.92 Å². The van der Waals surface area contributed by atoms with Gasteiger partial charge in [-0.05, 0) is 61.6 Å². The number of benzene rings is 3. The van der Waals surface area contributed by atoms with Crippen molar-refractivity contribution in [1.82, 2.24) is 0 Å². The van der Waals surface area contributed by atoms with Crippen LogP contribution in [-0.2, 0) is 6.54 Å². The molecular formula is C26H23IN2S. The minimum atomic E-state index is 0.0551. The van der Waals surface area contributed by atoms with Gasteiger partial charge in [-0.1, -0.05) is 55.0 Å². The standard InChI is InChI=1S/C26H23IN2S/c1-19-23(13-16-30-27)26-24(28-14-4-5-15-28)9-6-10-25(26)29(19)18-20-11-12-21-7-2-3-8-22(21)17-20/h2-3,6-12,17,23H,1,4-5,14-15,18H2. The third-order valence-corrected chi connectivity index (χ3v) is 7.02. The molecule has 0 amide bonds. The van der Waals surface area contributed by atoms with Gasteiger partial charge >= 0.3 is 0 Å². The number of anilines is 2. The van der Waals surface area contributed by atoms with Crippen LogP contribution in [0.5, 0.6) is 0 Å². The van der Waals surface area contributed by atoms with Gasteiger partial charge in [0.2, 0.25) is 0 Å². The average molecular weight is 522 g/mol. The first-order chi connectivity index (χ1) is 14.8. The third kappa shape index (κ3) is 3.59. The Kier molecular flexibility index (Phi) is 5.66. The Morgan fingerprint density at radius 3 is 2.53 bits per heavy atom. The smallest absolute Gasteiger partial charge is 0.0897 e. The highest BCUT2D eigenvalue weighted by Gasteiger charge is 2.35. The largest absolute Gasteiger partial charge is 0.371 e. The Morgan fingerprint density at radius 1 is 0.967 bits per heavy atom. The number of hydrogen-bond acceptors (Lipinski definition) is 3. The summed E-state index contributed by atoms with van der Waals surface area (Å²) in [7, 11) is 1.55. The number of halogens is 1. The van der Waals surface area contributed by atoms with Crippen LogP contribution in [-0.4, -0.2) is 13.1 Å². The molecule has 0 N–H and O–H groups in total. The number of rotatable bonds is 3. The van der Waals surface area contributed by atoms with Crippen LogP contribution in [0.2, 0.25) is 0 Å². The third-order valence-electron chi connectivity index (χ3n) is 6.16. The fraction of sp³-hybridized carbons (Fsp3) is 0.231. The summed E-state index contributed by atoms with van der Waals surface area (Å²) in [5.74, 6) is 3.54. The Labute approximate surface area is 194 Å². The van der Waals surface area contributed by atoms with Crippen LogP contribution < -0.4 is 9.80 Å². The van der Waals surface area contributed by atoms with Crippen molar-refractivity contribution in [2.45, 2.75) is 25.3 Å². The van der Waals surface area contributed by atoms with Crippen LogP contribution in [0.4, 0.5) is 11.4 Å². The molecule has 0 aromatic heterocycles. The van der Waals surface area contributed by atoms with Crippen molar-refractivity contribution in [1.29, 1.82) is 0 Å². The molecule has 2 aliphatic heterocycles. The summed E-state index contributed by atoms with van der Waals surface area (Å²) < 4.78 is 0. The zero-order valence-corrected chi connectivity index (χ0v) is 19.7. The van der Waals surface area contributed by atoms with Crippen molar-refractivity contribution in [2.75, 3.05) is 22.9 Å². The summed E-state index contributed by atoms with van der Waals surface area (Å²) in [4.78, 5) is 4.90. The molecule has 2 heterocycles. The van der Waals surface area contributed by atoms with Crippen molar-refractivity contribution in [3.63, 3.8) is 0 Å². The summed E-state index contributed by atoms with van der Waals surface area (Å²) in [6, 6.07) is 22.0. The molecule has 150 valence electrons. The molecule has 30 heavy (non-hydrogen) atoms. The maximum Gasteiger partial charge on any atom is 0.0897 e. The second kappa shape index (κ2) is 8.56. The fourth-order valence-electron chi connectivity index (χ4n) is 4.73. The maximum absolute atomic E-state index is 4.50. The van der Waals surface area contributed by atoms with E-state index in [1.54, 1.807) is 8.93 Å². The van der Waals surface area contributed by atoms with E-state index in [0.717, 1.165) is 25.3 Å². The van der Waals surface area contributed by atoms with Crippen LogP contribution in [0.15, 0.2) is 72.9 Å². The summed E-state index contributed by atoms with van der Waals surface area (Å²) in [6.45, 7) is 7.59. The number of hydrogen-bond donors (Lipinski definition) is 0. The van der Waals surface area contributed by atoms with Crippen molar-refractivity contribution in [2.24, 2.45) is 0 Å². The summed E-state index contributed by atoms with van der Waals surface area (Å²) >= 11 is 2.25. The number of nitrogens with zero attached hydrogens (tertiary/aromatic N) is 2. The molecule has 0 spiro atoms. The zero-order valence-electron chi connectivity index (χ0n) is 16.8. The molecule has 1 saturated heterocycles. The van der Waals surface area contributed by atoms with Crippen LogP contribution in [0.3, 0.4) is 0 Å². The Morgan fingerprint density at radius 2 is 1.73 bits per heavy atom. The van der Waals surface area contributed by atoms with E-state index in [0.29, 0.717) is 0 Å². The zero-order chi connectivity index (χ0) is 20.5. The minimum Gasteiger partial charge on any atom is -0.371 e. The first kappa shape index (κ1) is 19.8. The summed E-state index contributed by atoms with van der Waals surface area (Å²) in [6.07, 6.45) is 2.54. The van der Waals surface area contributed by atoms with Crippen LogP contribution in [0.25, 0.3) is 10.8 Å². The topological polar surface area (TPSA) is 6.48 Å². The van der Waals surface area contributed by atoms with Gasteiger partial charge in [0, 0.05) is 63.5 Å². The van der Waals surface area contributed by atoms with Gasteiger partial charge in [0.25, 0.3) is 0 Å². The normalized spacial score (nSPS) is 17.9. The second-order valence-corrected chi connectivity index (χ2v) is 9.60. The minimum absolute atomic E-state index is 0.0551. The average Bonchev–Trinajstić information content (AvgIpc) is 3.40. The Balaban J connectivity index is 1.56. The Hall–Kier alpha value is -2.10. The highest BCUT2D eigenvalue weighted by Crippen LogP contribution is 2.48. The Bertz CT molecular complexity index is 1170. The first-order valence-electron chi connectivity index (χ1n) is 10.4. The van der Waals surface area contributed by atoms with Crippen LogP contribution in [0, 0.1) is 11.2 Å². The highest BCUT2D eigenvalue weighted by atomic mass is 127. The van der Waals surface area contributed by atoms with Crippen molar-refractivity contribution in [3.8, 4) is 11.2 Å². The van der Waals surface area contributed by atoms with E-state index in [2.05, 4.69) is 109 Å². The predicted octanol–water partition coefficient (Wildman–Crippen LogP) is 7.10. The van der Waals surface area contributed by atoms with E-state index in [-0.39, 0.29) is 5.92 Å². The lowest BCUT2D eigenvalue weighted by molar-refractivity contribution is 0.905. The van der Waals surface area contributed by atoms with E-state index in [1.807, 2.05) is 0 Å². The molecule has 0 aliphatic carbocycles. The summed E-state index contributed by atoms with van der Waals surface area (Å²) in [5.41, 5.74) is 6.32. The molecule has 5 rings (SSSR count). The maximum atomic E-state index is 4.50. The highest BCUT2D eigenvalue weighted by molar-refractivity contribution is 14.2. The van der Waals surface area contributed by atoms with Gasteiger partial charge in [-0.25, -0.2) is 0 Å². The van der Waals surface area contributed by atoms with Crippen LogP contribution >= 0.6 is 30.1 Å². The fourth-order valence-corrected chi connectivity index (χ4v) is 5.27. The molecule has 4 heteroatoms. The molecule has 3 aromatic rings. The lowest BCUT2D eigenvalue weighted by atomic mass is 9.97. The second-order valence-electron chi connectivity index (χ2n) is 7.92. The molecule has 1 unspecified atom stereocenters. The van der Waals surface area contributed by atoms with Crippen LogP contribution in [0.1, 0.15) is 29.9 Å². The van der Waals surface area contributed by atoms with Gasteiger partial charge < -0.3 is 9.80 Å². The molecule has 0 bridgehead atoms. The lowest BCUT2D eigenvalue weighted by Crippen LogP contribution is -2.19. The molecule has 1 fully saturated rings. The molecular weight excluding hydrogens is 499 g/mol. The van der Waals surface area contributed by atoms with Gasteiger partial charge in [-0.3, -0.25) is 0 Å². The quantitative estimate of drug-likeness (QED) is 0.268. The first-order valence-corrected chi connectivity index (χ1v) is 13.7. The van der Waals surface area contributed by atoms with E-state index < -0.39 is 0 Å². The number of allylic oxidation sites excluding steroid dienone is 1. The van der Waals surface area contributed by atoms with E-state index in [4.69, 9.17) is 0 Å². The van der Waals surface area contributed by atoms with Gasteiger partial charge in [0.1, 0.15) is 0 Å². The van der Waals surface area contributed by atoms with Gasteiger partial charge in [-0.2, -0.15) is 0 Å². The molecule has 2 nitrogen and oxygen atoms in total. The molecule has 2 aliphatic rings. The molecule has 3 aromatic carbocycles. The van der Waals surface area contributed by atoms with E-state index in [1.165, 1.54) is 46.1 Å². The van der Waals surface area contributed by atoms with Crippen molar-refractivity contribution >= 4 is 52.3 Å². The SMILES string of the molecule is C=C1C(C#CSI)c2c(N3CCCC3)cccc2N1Cc1ccc2ccccc2c1. The molecule has 0 radical (unpaired) electrons. The molecule has 0 saturated carbocycles.